The number of hydrogen-bond donors (Lipinski definition) is 0. The summed E-state index contributed by atoms with van der Waals surface area (Å²) in [5.74, 6) is 1.41. The van der Waals surface area contributed by atoms with E-state index in [0.717, 1.165) is 0 Å². The summed E-state index contributed by atoms with van der Waals surface area (Å²) in [7, 11) is 4.11. The molecule has 0 N–H and O–H groups in total. The van der Waals surface area contributed by atoms with Crippen molar-refractivity contribution in [3.8, 4) is 17.2 Å². The van der Waals surface area contributed by atoms with E-state index in [4.69, 9.17) is 15.5 Å². The second-order valence-corrected chi connectivity index (χ2v) is 5.61. The molecule has 0 spiro atoms. The highest BCUT2D eigenvalue weighted by molar-refractivity contribution is 7.15. The molecule has 0 aromatic heterocycles. The summed E-state index contributed by atoms with van der Waals surface area (Å²) in [5, 5.41) is 0. The Labute approximate surface area is 208 Å². The third-order valence-corrected chi connectivity index (χ3v) is 3.33. The van der Waals surface area contributed by atoms with Gasteiger partial charge in [-0.2, -0.15) is 0 Å². The zero-order valence-electron chi connectivity index (χ0n) is 20.8. The van der Waals surface area contributed by atoms with Crippen LogP contribution in [-0.2, 0) is 14.2 Å². The lowest BCUT2D eigenvalue weighted by molar-refractivity contribution is 0.0924. The molecule has 3 aromatic carbocycles. The average Bonchev–Trinajstić information content (AvgIpc) is 2.91. The molecule has 0 fully saturated rings. The summed E-state index contributed by atoms with van der Waals surface area (Å²) in [6.07, 6.45) is -2.09. The molecule has 0 aliphatic heterocycles. The highest BCUT2D eigenvalue weighted by Gasteiger charge is 2.06. The van der Waals surface area contributed by atoms with Crippen LogP contribution in [0.2, 0.25) is 0 Å². The Bertz CT molecular complexity index is 925. The Balaban J connectivity index is 0.000000531. The van der Waals surface area contributed by atoms with Crippen LogP contribution in [0.4, 0.5) is 14.4 Å². The smallest absolute Gasteiger partial charge is 0.438 e. The van der Waals surface area contributed by atoms with E-state index in [2.05, 4.69) is 14.2 Å². The molecule has 10 heteroatoms. The number of rotatable bonds is 3. The second kappa shape index (κ2) is 20.5. The van der Waals surface area contributed by atoms with Crippen molar-refractivity contribution in [2.75, 3.05) is 28.0 Å². The van der Waals surface area contributed by atoms with Gasteiger partial charge in [0, 0.05) is 0 Å². The van der Waals surface area contributed by atoms with Crippen LogP contribution in [0, 0.1) is 0 Å². The SMILES string of the molecule is COC(=O)OC.COC(=O)Oc1ccccc1.O=C(Oc1ccccc1)Oc1ccccc1.[2H]PC. The topological polar surface area (TPSA) is 107 Å². The maximum absolute atomic E-state index is 11.3. The largest absolute Gasteiger partial charge is 0.519 e. The molecule has 0 radical (unpaired) electrons. The van der Waals surface area contributed by atoms with Gasteiger partial charge in [0.1, 0.15) is 17.2 Å². The number of benzene rings is 3. The van der Waals surface area contributed by atoms with Crippen LogP contribution in [0.5, 0.6) is 17.2 Å². The molecule has 0 heterocycles. The third-order valence-electron chi connectivity index (χ3n) is 3.33. The number of methoxy groups -OCH3 is 3. The number of para-hydroxylation sites is 3. The van der Waals surface area contributed by atoms with Crippen molar-refractivity contribution < 1.29 is 42.8 Å². The molecule has 0 amide bonds. The van der Waals surface area contributed by atoms with Gasteiger partial charge in [-0.15, -0.1) is 9.18 Å². The monoisotopic (exact) mass is 505 g/mol. The fraction of sp³-hybridized carbons (Fsp3) is 0.160. The van der Waals surface area contributed by atoms with Crippen molar-refractivity contribution in [1.29, 1.82) is 1.28 Å². The molecule has 3 rings (SSSR count). The van der Waals surface area contributed by atoms with E-state index in [-0.39, 0.29) is 0 Å². The number of hydrogen-bond acceptors (Lipinski definition) is 9. The standard InChI is InChI=1S/C13H10O3.C8H8O3.C3H6O3.CH5P/c14-13(15-11-7-3-1-4-8-11)16-12-9-5-2-6-10-12;1-10-8(9)11-7-5-3-2-4-6-7;1-5-3(4)6-2;1-2/h1-10H;2-6H,1H3;1-2H3;2H2,1H3/i;;;2D. The Morgan fingerprint density at radius 3 is 1.03 bits per heavy atom. The highest BCUT2D eigenvalue weighted by atomic mass is 31.0. The average molecular weight is 505 g/mol. The lowest BCUT2D eigenvalue weighted by atomic mass is 10.3. The van der Waals surface area contributed by atoms with E-state index in [1.54, 1.807) is 72.8 Å². The van der Waals surface area contributed by atoms with Gasteiger partial charge in [-0.3, -0.25) is 0 Å². The van der Waals surface area contributed by atoms with Gasteiger partial charge in [0.25, 0.3) is 0 Å². The van der Waals surface area contributed by atoms with Gasteiger partial charge in [-0.1, -0.05) is 61.3 Å². The van der Waals surface area contributed by atoms with Crippen molar-refractivity contribution in [3.63, 3.8) is 0 Å². The quantitative estimate of drug-likeness (QED) is 0.241. The molecule has 9 nitrogen and oxygen atoms in total. The van der Waals surface area contributed by atoms with Crippen molar-refractivity contribution >= 4 is 27.7 Å². The van der Waals surface area contributed by atoms with Gasteiger partial charge in [0.2, 0.25) is 0 Å². The lowest BCUT2D eigenvalue weighted by Gasteiger charge is -2.04. The van der Waals surface area contributed by atoms with E-state index in [1.165, 1.54) is 21.3 Å². The molecule has 35 heavy (non-hydrogen) atoms. The van der Waals surface area contributed by atoms with Gasteiger partial charge >= 0.3 is 18.5 Å². The number of ether oxygens (including phenoxy) is 6. The lowest BCUT2D eigenvalue weighted by Crippen LogP contribution is -2.13. The second-order valence-electron chi connectivity index (χ2n) is 5.61. The summed E-state index contributed by atoms with van der Waals surface area (Å²) in [4.78, 5) is 31.6. The van der Waals surface area contributed by atoms with Gasteiger partial charge in [0.15, 0.2) is 0 Å². The molecule has 1 atom stereocenters. The summed E-state index contributed by atoms with van der Waals surface area (Å²) in [5.41, 5.74) is 0. The van der Waals surface area contributed by atoms with Gasteiger partial charge in [-0.25, -0.2) is 14.4 Å². The summed E-state index contributed by atoms with van der Waals surface area (Å²) >= 11 is 0. The normalized spacial score (nSPS) is 9.20. The molecule has 0 bridgehead atoms. The molecule has 0 saturated carbocycles. The van der Waals surface area contributed by atoms with Crippen LogP contribution in [0.3, 0.4) is 0 Å². The molecule has 188 valence electrons. The van der Waals surface area contributed by atoms with E-state index >= 15 is 0 Å². The minimum Gasteiger partial charge on any atom is -0.438 e. The van der Waals surface area contributed by atoms with Crippen molar-refractivity contribution in [3.05, 3.63) is 91.0 Å². The Hall–Kier alpha value is -4.10. The van der Waals surface area contributed by atoms with Crippen LogP contribution in [0.1, 0.15) is 0 Å². The number of carbonyl (C=O) groups is 3. The summed E-state index contributed by atoms with van der Waals surface area (Å²) < 4.78 is 33.2. The Morgan fingerprint density at radius 2 is 0.800 bits per heavy atom. The predicted molar refractivity (Wildman–Crippen MR) is 134 cm³/mol. The molecule has 1 unspecified atom stereocenters. The molecule has 0 aliphatic carbocycles. The first kappa shape index (κ1) is 28.9. The molecular formula is C25H29O9P. The minimum atomic E-state index is -0.739. The zero-order chi connectivity index (χ0) is 27.0. The first-order valence-electron chi connectivity index (χ1n) is 10.4. The van der Waals surface area contributed by atoms with Gasteiger partial charge < -0.3 is 28.4 Å². The van der Waals surface area contributed by atoms with Crippen molar-refractivity contribution in [1.82, 2.24) is 0 Å². The van der Waals surface area contributed by atoms with Crippen molar-refractivity contribution in [2.45, 2.75) is 0 Å². The first-order valence-corrected chi connectivity index (χ1v) is 10.9. The van der Waals surface area contributed by atoms with Crippen LogP contribution in [0.25, 0.3) is 0 Å². The van der Waals surface area contributed by atoms with E-state index in [1.807, 2.05) is 24.9 Å². The van der Waals surface area contributed by atoms with E-state index < -0.39 is 18.5 Å². The summed E-state index contributed by atoms with van der Waals surface area (Å²) in [6, 6.07) is 26.3. The fourth-order valence-electron chi connectivity index (χ4n) is 1.90. The number of carbonyl (C=O) groups excluding carboxylic acids is 3. The first-order chi connectivity index (χ1) is 17.4. The van der Waals surface area contributed by atoms with Crippen LogP contribution < -0.4 is 14.2 Å². The van der Waals surface area contributed by atoms with E-state index in [0.29, 0.717) is 26.4 Å². The predicted octanol–water partition coefficient (Wildman–Crippen LogP) is 5.99. The van der Waals surface area contributed by atoms with Crippen LogP contribution >= 0.6 is 9.18 Å². The highest BCUT2D eigenvalue weighted by Crippen LogP contribution is 2.13. The van der Waals surface area contributed by atoms with Crippen LogP contribution in [0.15, 0.2) is 91.0 Å². The molecular weight excluding hydrogens is 475 g/mol. The van der Waals surface area contributed by atoms with Crippen molar-refractivity contribution in [2.24, 2.45) is 0 Å². The maximum atomic E-state index is 11.3. The maximum Gasteiger partial charge on any atom is 0.519 e. The van der Waals surface area contributed by atoms with E-state index in [9.17, 15) is 14.4 Å². The fourth-order valence-corrected chi connectivity index (χ4v) is 1.90. The van der Waals surface area contributed by atoms with Gasteiger partial charge in [0.05, 0.1) is 22.6 Å². The zero-order valence-corrected chi connectivity index (χ0v) is 20.8. The third kappa shape index (κ3) is 16.2. The molecule has 0 aliphatic rings. The van der Waals surface area contributed by atoms with Gasteiger partial charge in [-0.05, 0) is 36.4 Å². The summed E-state index contributed by atoms with van der Waals surface area (Å²) in [6.45, 7) is 1.82. The molecule has 3 aromatic rings. The Kier molecular flexibility index (Phi) is 16.9. The Morgan fingerprint density at radius 1 is 0.543 bits per heavy atom. The molecule has 0 saturated heterocycles. The minimum absolute atomic E-state index is 0.333. The van der Waals surface area contributed by atoms with Crippen LogP contribution in [-0.4, -0.2) is 47.7 Å².